The molecule has 3 N–H and O–H groups in total. The summed E-state index contributed by atoms with van der Waals surface area (Å²) in [6.45, 7) is 4.69. The first kappa shape index (κ1) is 13.9. The van der Waals surface area contributed by atoms with Crippen molar-refractivity contribution in [1.82, 2.24) is 25.2 Å². The molecule has 0 amide bonds. The molecular weight excluding hydrogens is 264 g/mol. The smallest absolute Gasteiger partial charge is 0.0847 e. The molecule has 0 aliphatic rings. The van der Waals surface area contributed by atoms with E-state index in [9.17, 15) is 0 Å². The van der Waals surface area contributed by atoms with Crippen LogP contribution in [0.3, 0.4) is 0 Å². The number of hydrogen-bond donors (Lipinski definition) is 2. The molecule has 6 nitrogen and oxygen atoms in total. The summed E-state index contributed by atoms with van der Waals surface area (Å²) in [6, 6.07) is -0.146. The van der Waals surface area contributed by atoms with Crippen molar-refractivity contribution in [3.05, 3.63) is 40.7 Å². The Morgan fingerprint density at radius 2 is 2.26 bits per heavy atom. The van der Waals surface area contributed by atoms with Crippen molar-refractivity contribution >= 4 is 11.6 Å². The molecule has 1 atom stereocenters. The molecule has 2 aromatic rings. The molecule has 2 aromatic heterocycles. The first-order valence-corrected chi connectivity index (χ1v) is 6.49. The summed E-state index contributed by atoms with van der Waals surface area (Å²) in [5.41, 5.74) is 5.31. The van der Waals surface area contributed by atoms with Crippen molar-refractivity contribution in [2.24, 2.45) is 5.84 Å². The molecular formula is C12H17ClN6. The number of nitrogens with one attached hydrogen (secondary N) is 1. The molecule has 2 rings (SSSR count). The van der Waals surface area contributed by atoms with Gasteiger partial charge in [-0.2, -0.15) is 5.10 Å². The Hall–Kier alpha value is -1.50. The fourth-order valence-electron chi connectivity index (χ4n) is 2.00. The molecule has 0 radical (unpaired) electrons. The summed E-state index contributed by atoms with van der Waals surface area (Å²) < 4.78 is 1.89. The van der Waals surface area contributed by atoms with Gasteiger partial charge in [0.15, 0.2) is 0 Å². The molecule has 0 bridgehead atoms. The summed E-state index contributed by atoms with van der Waals surface area (Å²) in [7, 11) is 0. The summed E-state index contributed by atoms with van der Waals surface area (Å²) in [5.74, 6) is 5.61. The lowest BCUT2D eigenvalue weighted by atomic mass is 10.1. The maximum absolute atomic E-state index is 6.29. The largest absolute Gasteiger partial charge is 0.271 e. The molecule has 1 unspecified atom stereocenters. The summed E-state index contributed by atoms with van der Waals surface area (Å²) in [4.78, 5) is 8.31. The second kappa shape index (κ2) is 6.10. The molecule has 0 aliphatic carbocycles. The molecule has 7 heteroatoms. The van der Waals surface area contributed by atoms with Gasteiger partial charge in [-0.15, -0.1) is 0 Å². The molecule has 0 saturated heterocycles. The van der Waals surface area contributed by atoms with E-state index < -0.39 is 0 Å². The van der Waals surface area contributed by atoms with Crippen LogP contribution < -0.4 is 11.3 Å². The van der Waals surface area contributed by atoms with Gasteiger partial charge in [-0.25, -0.2) is 0 Å². The Morgan fingerprint density at radius 3 is 2.84 bits per heavy atom. The van der Waals surface area contributed by atoms with Gasteiger partial charge in [0.1, 0.15) is 0 Å². The van der Waals surface area contributed by atoms with Crippen LogP contribution in [-0.2, 0) is 13.0 Å². The lowest BCUT2D eigenvalue weighted by Crippen LogP contribution is -2.31. The third-order valence-electron chi connectivity index (χ3n) is 2.99. The molecule has 0 fully saturated rings. The van der Waals surface area contributed by atoms with Crippen LogP contribution in [0.15, 0.2) is 18.6 Å². The van der Waals surface area contributed by atoms with E-state index in [1.54, 1.807) is 18.6 Å². The molecule has 0 spiro atoms. The number of aromatic nitrogens is 4. The predicted octanol–water partition coefficient (Wildman–Crippen LogP) is 1.40. The zero-order chi connectivity index (χ0) is 13.8. The van der Waals surface area contributed by atoms with Crippen LogP contribution in [-0.4, -0.2) is 19.7 Å². The van der Waals surface area contributed by atoms with Gasteiger partial charge in [-0.3, -0.25) is 25.9 Å². The first-order valence-electron chi connectivity index (χ1n) is 6.11. The Morgan fingerprint density at radius 1 is 1.47 bits per heavy atom. The predicted molar refractivity (Wildman–Crippen MR) is 73.4 cm³/mol. The highest BCUT2D eigenvalue weighted by molar-refractivity contribution is 6.31. The van der Waals surface area contributed by atoms with E-state index in [0.29, 0.717) is 11.4 Å². The third-order valence-corrected chi connectivity index (χ3v) is 3.48. The van der Waals surface area contributed by atoms with Gasteiger partial charge in [-0.1, -0.05) is 11.6 Å². The molecule has 102 valence electrons. The Balaban J connectivity index is 2.29. The van der Waals surface area contributed by atoms with Crippen molar-refractivity contribution in [1.29, 1.82) is 0 Å². The highest BCUT2D eigenvalue weighted by atomic mass is 35.5. The highest BCUT2D eigenvalue weighted by Crippen LogP contribution is 2.24. The summed E-state index contributed by atoms with van der Waals surface area (Å²) >= 11 is 6.29. The van der Waals surface area contributed by atoms with Crippen LogP contribution >= 0.6 is 11.6 Å². The number of hydrazine groups is 1. The van der Waals surface area contributed by atoms with E-state index in [1.165, 1.54) is 0 Å². The number of hydrogen-bond acceptors (Lipinski definition) is 5. The average molecular weight is 281 g/mol. The summed E-state index contributed by atoms with van der Waals surface area (Å²) in [5, 5.41) is 5.08. The minimum atomic E-state index is -0.146. The average Bonchev–Trinajstić information content (AvgIpc) is 2.72. The van der Waals surface area contributed by atoms with E-state index >= 15 is 0 Å². The monoisotopic (exact) mass is 280 g/mol. The van der Waals surface area contributed by atoms with Crippen LogP contribution in [0.4, 0.5) is 0 Å². The Labute approximate surface area is 117 Å². The quantitative estimate of drug-likeness (QED) is 0.639. The first-order chi connectivity index (χ1) is 9.17. The van der Waals surface area contributed by atoms with Crippen LogP contribution in [0.25, 0.3) is 0 Å². The molecule has 19 heavy (non-hydrogen) atoms. The second-order valence-corrected chi connectivity index (χ2v) is 4.59. The van der Waals surface area contributed by atoms with Crippen LogP contribution in [0.2, 0.25) is 5.02 Å². The van der Waals surface area contributed by atoms with Gasteiger partial charge in [0.2, 0.25) is 0 Å². The number of nitrogens with two attached hydrogens (primary N) is 1. The lowest BCUT2D eigenvalue weighted by Gasteiger charge is -2.15. The zero-order valence-electron chi connectivity index (χ0n) is 11.0. The topological polar surface area (TPSA) is 81.7 Å². The van der Waals surface area contributed by atoms with E-state index in [2.05, 4.69) is 20.5 Å². The van der Waals surface area contributed by atoms with E-state index in [4.69, 9.17) is 17.4 Å². The van der Waals surface area contributed by atoms with Crippen molar-refractivity contribution in [3.8, 4) is 0 Å². The van der Waals surface area contributed by atoms with Gasteiger partial charge < -0.3 is 0 Å². The Kier molecular flexibility index (Phi) is 4.47. The fourth-order valence-corrected chi connectivity index (χ4v) is 2.21. The van der Waals surface area contributed by atoms with Crippen LogP contribution in [0, 0.1) is 6.92 Å². The molecule has 2 heterocycles. The molecule has 0 saturated carbocycles. The minimum Gasteiger partial charge on any atom is -0.271 e. The second-order valence-electron chi connectivity index (χ2n) is 4.22. The maximum atomic E-state index is 6.29. The van der Waals surface area contributed by atoms with Crippen molar-refractivity contribution < 1.29 is 0 Å². The van der Waals surface area contributed by atoms with E-state index in [0.717, 1.165) is 23.6 Å². The van der Waals surface area contributed by atoms with Gasteiger partial charge >= 0.3 is 0 Å². The van der Waals surface area contributed by atoms with Gasteiger partial charge in [0, 0.05) is 25.4 Å². The van der Waals surface area contributed by atoms with E-state index in [1.807, 2.05) is 18.5 Å². The van der Waals surface area contributed by atoms with Crippen molar-refractivity contribution in [2.75, 3.05) is 0 Å². The number of nitrogens with zero attached hydrogens (tertiary/aromatic N) is 4. The van der Waals surface area contributed by atoms with E-state index in [-0.39, 0.29) is 6.04 Å². The lowest BCUT2D eigenvalue weighted by molar-refractivity contribution is 0.506. The third kappa shape index (κ3) is 2.91. The van der Waals surface area contributed by atoms with Crippen LogP contribution in [0.1, 0.15) is 30.0 Å². The fraction of sp³-hybridized carbons (Fsp3) is 0.417. The maximum Gasteiger partial charge on any atom is 0.0847 e. The Bertz CT molecular complexity index is 539. The zero-order valence-corrected chi connectivity index (χ0v) is 11.7. The number of halogens is 1. The number of aryl methyl sites for hydroxylation is 2. The van der Waals surface area contributed by atoms with Gasteiger partial charge in [0.25, 0.3) is 0 Å². The SMILES string of the molecule is CCn1nc(C)c(Cl)c1CC(NN)c1cnccn1. The highest BCUT2D eigenvalue weighted by Gasteiger charge is 2.19. The molecule has 0 aromatic carbocycles. The van der Waals surface area contributed by atoms with Gasteiger partial charge in [-0.05, 0) is 13.8 Å². The number of rotatable bonds is 5. The molecule has 0 aliphatic heterocycles. The van der Waals surface area contributed by atoms with Crippen LogP contribution in [0.5, 0.6) is 0 Å². The van der Waals surface area contributed by atoms with Crippen molar-refractivity contribution in [3.63, 3.8) is 0 Å². The van der Waals surface area contributed by atoms with Gasteiger partial charge in [0.05, 0.1) is 34.3 Å². The van der Waals surface area contributed by atoms with Crippen molar-refractivity contribution in [2.45, 2.75) is 32.9 Å². The normalized spacial score (nSPS) is 12.6. The minimum absolute atomic E-state index is 0.146. The standard InChI is InChI=1S/C12H17ClN6/c1-3-19-11(12(13)8(2)18-19)6-9(17-14)10-7-15-4-5-16-10/h4-5,7,9,17H,3,6,14H2,1-2H3. The summed E-state index contributed by atoms with van der Waals surface area (Å²) in [6.07, 6.45) is 5.58.